The Kier molecular flexibility index (Phi) is 11.7. The minimum Gasteiger partial charge on any atom is -0.352 e. The Morgan fingerprint density at radius 3 is 2.09 bits per heavy atom. The minimum atomic E-state index is -4.18. The molecule has 0 saturated heterocycles. The van der Waals surface area contributed by atoms with E-state index >= 15 is 0 Å². The number of hydrogen-bond acceptors (Lipinski definition) is 4. The number of nitrogens with zero attached hydrogens (tertiary/aromatic N) is 2. The highest BCUT2D eigenvalue weighted by molar-refractivity contribution is 7.92. The van der Waals surface area contributed by atoms with Gasteiger partial charge < -0.3 is 10.2 Å². The van der Waals surface area contributed by atoms with Gasteiger partial charge in [-0.3, -0.25) is 13.9 Å². The van der Waals surface area contributed by atoms with Gasteiger partial charge in [0.2, 0.25) is 11.8 Å². The van der Waals surface area contributed by atoms with Crippen LogP contribution < -0.4 is 9.62 Å². The lowest BCUT2D eigenvalue weighted by molar-refractivity contribution is -0.140. The number of carbonyl (C=O) groups is 2. The molecule has 0 aliphatic carbocycles. The van der Waals surface area contributed by atoms with Crippen molar-refractivity contribution >= 4 is 39.1 Å². The van der Waals surface area contributed by atoms with E-state index in [0.29, 0.717) is 22.7 Å². The lowest BCUT2D eigenvalue weighted by Crippen LogP contribution is -2.54. The fraction of sp³-hybridized carbons (Fsp3) is 0.297. The van der Waals surface area contributed by atoms with Gasteiger partial charge in [0, 0.05) is 24.0 Å². The Morgan fingerprint density at radius 2 is 1.46 bits per heavy atom. The van der Waals surface area contributed by atoms with Crippen molar-refractivity contribution in [2.24, 2.45) is 0 Å². The quantitative estimate of drug-likeness (QED) is 0.167. The molecule has 2 atom stereocenters. The summed E-state index contributed by atoms with van der Waals surface area (Å²) in [7, 11) is -4.18. The SMILES string of the molecule is CC[C@@H](C)NC(=O)[C@@H](Cc1ccccc1)N(Cc1ccc(Cl)cc1)C(=O)CN(c1cc(C)ccc1C)S(=O)(=O)c1ccc(C)cc1. The van der Waals surface area contributed by atoms with Crippen molar-refractivity contribution in [3.8, 4) is 0 Å². The van der Waals surface area contributed by atoms with E-state index in [-0.39, 0.29) is 29.8 Å². The van der Waals surface area contributed by atoms with Crippen LogP contribution in [0.1, 0.15) is 48.1 Å². The second-order valence-electron chi connectivity index (χ2n) is 11.8. The fourth-order valence-corrected chi connectivity index (χ4v) is 6.72. The van der Waals surface area contributed by atoms with Gasteiger partial charge in [-0.05, 0) is 86.7 Å². The Labute approximate surface area is 278 Å². The number of aryl methyl sites for hydroxylation is 3. The third-order valence-corrected chi connectivity index (χ3v) is 10.1. The molecule has 0 aromatic heterocycles. The average Bonchev–Trinajstić information content (AvgIpc) is 3.04. The topological polar surface area (TPSA) is 86.8 Å². The lowest BCUT2D eigenvalue weighted by Gasteiger charge is -2.34. The van der Waals surface area contributed by atoms with Crippen LogP contribution in [-0.4, -0.2) is 43.8 Å². The summed E-state index contributed by atoms with van der Waals surface area (Å²) in [5.74, 6) is -0.813. The van der Waals surface area contributed by atoms with Crippen LogP contribution in [0.5, 0.6) is 0 Å². The maximum absolute atomic E-state index is 14.6. The maximum atomic E-state index is 14.6. The molecule has 46 heavy (non-hydrogen) atoms. The molecule has 0 saturated carbocycles. The minimum absolute atomic E-state index is 0.0754. The first-order valence-electron chi connectivity index (χ1n) is 15.4. The molecule has 4 rings (SSSR count). The van der Waals surface area contributed by atoms with E-state index in [2.05, 4.69) is 5.32 Å². The lowest BCUT2D eigenvalue weighted by atomic mass is 10.0. The van der Waals surface area contributed by atoms with Crippen LogP contribution >= 0.6 is 11.6 Å². The van der Waals surface area contributed by atoms with Crippen LogP contribution in [0, 0.1) is 20.8 Å². The Morgan fingerprint density at radius 1 is 0.826 bits per heavy atom. The van der Waals surface area contributed by atoms with Gasteiger partial charge in [0.05, 0.1) is 10.6 Å². The number of amides is 2. The molecule has 0 aliphatic rings. The molecule has 4 aromatic rings. The van der Waals surface area contributed by atoms with Crippen LogP contribution in [0.4, 0.5) is 5.69 Å². The van der Waals surface area contributed by atoms with Gasteiger partial charge in [0.25, 0.3) is 10.0 Å². The van der Waals surface area contributed by atoms with Gasteiger partial charge >= 0.3 is 0 Å². The molecule has 0 aliphatic heterocycles. The van der Waals surface area contributed by atoms with E-state index in [1.54, 1.807) is 54.6 Å². The Hall–Kier alpha value is -4.14. The highest BCUT2D eigenvalue weighted by Crippen LogP contribution is 2.29. The average molecular weight is 660 g/mol. The molecule has 0 radical (unpaired) electrons. The van der Waals surface area contributed by atoms with E-state index in [1.807, 2.05) is 77.1 Å². The first-order chi connectivity index (χ1) is 21.9. The summed E-state index contributed by atoms with van der Waals surface area (Å²) >= 11 is 6.17. The number of benzene rings is 4. The molecule has 9 heteroatoms. The summed E-state index contributed by atoms with van der Waals surface area (Å²) in [6.45, 7) is 9.05. The Balaban J connectivity index is 1.83. The molecule has 0 bridgehead atoms. The van der Waals surface area contributed by atoms with Gasteiger partial charge in [-0.15, -0.1) is 0 Å². The predicted molar refractivity (Wildman–Crippen MR) is 185 cm³/mol. The number of hydrogen-bond donors (Lipinski definition) is 1. The van der Waals surface area contributed by atoms with Gasteiger partial charge in [0.15, 0.2) is 0 Å². The second-order valence-corrected chi connectivity index (χ2v) is 14.1. The van der Waals surface area contributed by atoms with Gasteiger partial charge in [-0.25, -0.2) is 8.42 Å². The van der Waals surface area contributed by atoms with Crippen molar-refractivity contribution in [1.82, 2.24) is 10.2 Å². The molecule has 242 valence electrons. The number of halogens is 1. The maximum Gasteiger partial charge on any atom is 0.264 e. The standard InChI is InChI=1S/C37H42ClN3O4S/c1-6-29(5)39-37(43)35(23-30-10-8-7-9-11-30)40(24-31-16-18-32(38)19-17-31)36(42)25-41(34-22-27(3)12-15-28(34)4)46(44,45)33-20-13-26(2)14-21-33/h7-22,29,35H,6,23-25H2,1-5H3,(H,39,43)/t29-,35-/m1/s1. The van der Waals surface area contributed by atoms with Crippen molar-refractivity contribution in [3.05, 3.63) is 130 Å². The summed E-state index contributed by atoms with van der Waals surface area (Å²) in [6, 6.07) is 27.6. The zero-order valence-electron chi connectivity index (χ0n) is 27.0. The molecule has 7 nitrogen and oxygen atoms in total. The van der Waals surface area contributed by atoms with E-state index in [9.17, 15) is 18.0 Å². The predicted octanol–water partition coefficient (Wildman–Crippen LogP) is 7.02. The van der Waals surface area contributed by atoms with Crippen LogP contribution in [0.3, 0.4) is 0 Å². The summed E-state index contributed by atoms with van der Waals surface area (Å²) in [5, 5.41) is 3.60. The molecule has 0 spiro atoms. The molecule has 2 amide bonds. The summed E-state index contributed by atoms with van der Waals surface area (Å²) in [6.07, 6.45) is 0.959. The van der Waals surface area contributed by atoms with Crippen LogP contribution in [0.25, 0.3) is 0 Å². The van der Waals surface area contributed by atoms with E-state index in [1.165, 1.54) is 9.21 Å². The highest BCUT2D eigenvalue weighted by atomic mass is 35.5. The van der Waals surface area contributed by atoms with Gasteiger partial charge in [-0.2, -0.15) is 0 Å². The smallest absolute Gasteiger partial charge is 0.264 e. The first-order valence-corrected chi connectivity index (χ1v) is 17.3. The van der Waals surface area contributed by atoms with Gasteiger partial charge in [-0.1, -0.05) is 90.8 Å². The first kappa shape index (κ1) is 34.7. The van der Waals surface area contributed by atoms with Crippen LogP contribution in [0.15, 0.2) is 102 Å². The number of carbonyl (C=O) groups excluding carboxylic acids is 2. The van der Waals surface area contributed by atoms with Crippen molar-refractivity contribution < 1.29 is 18.0 Å². The van der Waals surface area contributed by atoms with Crippen molar-refractivity contribution in [1.29, 1.82) is 0 Å². The van der Waals surface area contributed by atoms with Crippen LogP contribution in [-0.2, 0) is 32.6 Å². The zero-order valence-corrected chi connectivity index (χ0v) is 28.6. The van der Waals surface area contributed by atoms with E-state index in [4.69, 9.17) is 11.6 Å². The summed E-state index contributed by atoms with van der Waals surface area (Å²) in [5.41, 5.74) is 4.51. The monoisotopic (exact) mass is 659 g/mol. The van der Waals surface area contributed by atoms with E-state index in [0.717, 1.165) is 22.3 Å². The zero-order chi connectivity index (χ0) is 33.4. The Bertz CT molecular complexity index is 1740. The fourth-order valence-electron chi connectivity index (χ4n) is 5.12. The van der Waals surface area contributed by atoms with Crippen molar-refractivity contribution in [3.63, 3.8) is 0 Å². The molecular formula is C37H42ClN3O4S. The third kappa shape index (κ3) is 8.77. The van der Waals surface area contributed by atoms with Gasteiger partial charge in [0.1, 0.15) is 12.6 Å². The third-order valence-electron chi connectivity index (χ3n) is 8.06. The van der Waals surface area contributed by atoms with Crippen molar-refractivity contribution in [2.45, 2.75) is 71.0 Å². The number of sulfonamides is 1. The normalized spacial score (nSPS) is 12.7. The molecule has 0 heterocycles. The largest absolute Gasteiger partial charge is 0.352 e. The number of anilines is 1. The van der Waals surface area contributed by atoms with Crippen molar-refractivity contribution in [2.75, 3.05) is 10.8 Å². The highest BCUT2D eigenvalue weighted by Gasteiger charge is 2.35. The molecule has 1 N–H and O–H groups in total. The summed E-state index contributed by atoms with van der Waals surface area (Å²) < 4.78 is 29.8. The molecule has 0 fully saturated rings. The number of nitrogens with one attached hydrogen (secondary N) is 1. The summed E-state index contributed by atoms with van der Waals surface area (Å²) in [4.78, 5) is 30.2. The molecular weight excluding hydrogens is 618 g/mol. The van der Waals surface area contributed by atoms with E-state index < -0.39 is 28.5 Å². The molecule has 4 aromatic carbocycles. The number of rotatable bonds is 13. The second kappa shape index (κ2) is 15.4. The molecule has 0 unspecified atom stereocenters. The van der Waals surface area contributed by atoms with Crippen LogP contribution in [0.2, 0.25) is 5.02 Å².